The van der Waals surface area contributed by atoms with Gasteiger partial charge in [0.1, 0.15) is 6.23 Å². The van der Waals surface area contributed by atoms with Gasteiger partial charge in [0, 0.05) is 12.3 Å². The Balaban J connectivity index is 0.000000492. The molecule has 1 aliphatic rings. The van der Waals surface area contributed by atoms with E-state index in [4.69, 9.17) is 9.84 Å². The summed E-state index contributed by atoms with van der Waals surface area (Å²) in [6, 6.07) is 1.27. The number of nitrogens with zero attached hydrogens (tertiary/aromatic N) is 1. The summed E-state index contributed by atoms with van der Waals surface area (Å²) in [5, 5.41) is 8.87. The summed E-state index contributed by atoms with van der Waals surface area (Å²) in [5.74, 6) is 0. The Labute approximate surface area is 101 Å². The van der Waals surface area contributed by atoms with Crippen molar-refractivity contribution < 1.29 is 18.6 Å². The molecule has 0 spiro atoms. The Morgan fingerprint density at radius 2 is 2.11 bits per heavy atom. The minimum Gasteiger partial charge on any atom is -0.394 e. The molecule has 1 aromatic heterocycles. The fourth-order valence-electron chi connectivity index (χ4n) is 1.68. The van der Waals surface area contributed by atoms with E-state index < -0.39 is 18.2 Å². The van der Waals surface area contributed by atoms with E-state index in [0.717, 1.165) is 0 Å². The third-order valence-electron chi connectivity index (χ3n) is 2.45. The predicted octanol–water partition coefficient (Wildman–Crippen LogP) is 0.0894. The zero-order valence-electron chi connectivity index (χ0n) is 9.51. The van der Waals surface area contributed by atoms with Crippen LogP contribution in [-0.2, 0) is 4.74 Å². The van der Waals surface area contributed by atoms with Gasteiger partial charge in [0.25, 0.3) is 5.56 Å². The molecule has 1 fully saturated rings. The van der Waals surface area contributed by atoms with E-state index in [1.54, 1.807) is 0 Å². The van der Waals surface area contributed by atoms with Crippen molar-refractivity contribution in [1.29, 1.82) is 0 Å². The minimum atomic E-state index is -1.75. The molecular formula is C10H14F2N2O4. The van der Waals surface area contributed by atoms with E-state index in [9.17, 15) is 18.4 Å². The second-order valence-corrected chi connectivity index (χ2v) is 3.59. The maximum atomic E-state index is 11.4. The van der Waals surface area contributed by atoms with Crippen molar-refractivity contribution >= 4 is 0 Å². The van der Waals surface area contributed by atoms with Crippen LogP contribution in [0, 0.1) is 0 Å². The maximum absolute atomic E-state index is 11.4. The smallest absolute Gasteiger partial charge is 0.330 e. The van der Waals surface area contributed by atoms with Gasteiger partial charge in [-0.15, -0.1) is 0 Å². The fourth-order valence-corrected chi connectivity index (χ4v) is 1.68. The highest BCUT2D eigenvalue weighted by Gasteiger charge is 2.26. The zero-order chi connectivity index (χ0) is 13.5. The molecule has 1 aromatic rings. The van der Waals surface area contributed by atoms with Crippen molar-refractivity contribution in [2.75, 3.05) is 13.5 Å². The van der Waals surface area contributed by atoms with Crippen LogP contribution < -0.4 is 11.2 Å². The minimum absolute atomic E-state index is 0.0470. The maximum Gasteiger partial charge on any atom is 0.330 e. The Hall–Kier alpha value is -1.54. The molecule has 18 heavy (non-hydrogen) atoms. The lowest BCUT2D eigenvalue weighted by molar-refractivity contribution is -0.0246. The second-order valence-electron chi connectivity index (χ2n) is 3.59. The van der Waals surface area contributed by atoms with Crippen LogP contribution in [0.4, 0.5) is 8.78 Å². The van der Waals surface area contributed by atoms with Gasteiger partial charge in [0.05, 0.1) is 12.7 Å². The van der Waals surface area contributed by atoms with Crippen LogP contribution in [0.15, 0.2) is 21.9 Å². The molecule has 0 saturated carbocycles. The number of rotatable bonds is 2. The number of hydrogen-bond acceptors (Lipinski definition) is 4. The topological polar surface area (TPSA) is 84.3 Å². The second kappa shape index (κ2) is 7.02. The van der Waals surface area contributed by atoms with Crippen LogP contribution in [0.5, 0.6) is 0 Å². The van der Waals surface area contributed by atoms with Crippen LogP contribution in [0.1, 0.15) is 19.1 Å². The van der Waals surface area contributed by atoms with Crippen LogP contribution in [0.2, 0.25) is 0 Å². The first-order valence-electron chi connectivity index (χ1n) is 5.32. The highest BCUT2D eigenvalue weighted by atomic mass is 19.3. The average molecular weight is 264 g/mol. The van der Waals surface area contributed by atoms with Crippen molar-refractivity contribution in [2.45, 2.75) is 25.2 Å². The summed E-state index contributed by atoms with van der Waals surface area (Å²) in [4.78, 5) is 24.4. The third kappa shape index (κ3) is 3.74. The molecule has 2 heterocycles. The van der Waals surface area contributed by atoms with Crippen molar-refractivity contribution in [3.8, 4) is 0 Å². The fraction of sp³-hybridized carbons (Fsp3) is 0.600. The first-order chi connectivity index (χ1) is 8.62. The Kier molecular flexibility index (Phi) is 5.66. The Morgan fingerprint density at radius 3 is 2.61 bits per heavy atom. The first kappa shape index (κ1) is 14.5. The normalized spacial score (nSPS) is 22.4. The Morgan fingerprint density at radius 1 is 1.44 bits per heavy atom. The highest BCUT2D eigenvalue weighted by molar-refractivity contribution is 4.85. The molecule has 2 rings (SSSR count). The monoisotopic (exact) mass is 264 g/mol. The van der Waals surface area contributed by atoms with Crippen molar-refractivity contribution in [3.63, 3.8) is 0 Å². The van der Waals surface area contributed by atoms with Gasteiger partial charge in [-0.1, -0.05) is 0 Å². The summed E-state index contributed by atoms with van der Waals surface area (Å²) in [6.45, 7) is -1.80. The molecule has 0 radical (unpaired) electrons. The third-order valence-corrected chi connectivity index (χ3v) is 2.45. The van der Waals surface area contributed by atoms with E-state index >= 15 is 0 Å². The van der Waals surface area contributed by atoms with E-state index in [-0.39, 0.29) is 18.9 Å². The molecule has 2 atom stereocenters. The lowest BCUT2D eigenvalue weighted by atomic mass is 10.2. The summed E-state index contributed by atoms with van der Waals surface area (Å²) in [7, 11) is 0. The molecule has 1 aliphatic heterocycles. The SMILES string of the molecule is FCF.O=c1ccn(C2CCC(CO)O2)c(=O)[nH]1. The number of aromatic amines is 1. The summed E-state index contributed by atoms with van der Waals surface area (Å²) < 4.78 is 26.0. The number of hydrogen-bond donors (Lipinski definition) is 2. The molecule has 0 bridgehead atoms. The molecular weight excluding hydrogens is 250 g/mol. The lowest BCUT2D eigenvalue weighted by Gasteiger charge is -2.13. The Bertz CT molecular complexity index is 473. The molecule has 2 unspecified atom stereocenters. The van der Waals surface area contributed by atoms with E-state index in [1.807, 2.05) is 0 Å². The number of aromatic nitrogens is 2. The number of nitrogens with one attached hydrogen (secondary N) is 1. The van der Waals surface area contributed by atoms with Gasteiger partial charge >= 0.3 is 5.69 Å². The molecule has 2 N–H and O–H groups in total. The van der Waals surface area contributed by atoms with Crippen molar-refractivity contribution in [3.05, 3.63) is 33.1 Å². The van der Waals surface area contributed by atoms with Crippen molar-refractivity contribution in [2.24, 2.45) is 0 Å². The number of alkyl halides is 2. The summed E-state index contributed by atoms with van der Waals surface area (Å²) >= 11 is 0. The molecule has 1 saturated heterocycles. The largest absolute Gasteiger partial charge is 0.394 e. The first-order valence-corrected chi connectivity index (χ1v) is 5.32. The zero-order valence-corrected chi connectivity index (χ0v) is 9.51. The van der Waals surface area contributed by atoms with Crippen LogP contribution in [0.25, 0.3) is 0 Å². The standard InChI is InChI=1S/C9H12N2O4.CH2F2/c12-5-6-1-2-8(15-6)11-4-3-7(13)10-9(11)14;2-1-3/h3-4,6,8,12H,1-2,5H2,(H,10,13,14);1H2. The van der Waals surface area contributed by atoms with E-state index in [0.29, 0.717) is 12.8 Å². The molecule has 0 amide bonds. The van der Waals surface area contributed by atoms with Gasteiger partial charge in [-0.2, -0.15) is 0 Å². The van der Waals surface area contributed by atoms with Gasteiger partial charge in [-0.3, -0.25) is 14.3 Å². The van der Waals surface area contributed by atoms with Gasteiger partial charge in [-0.25, -0.2) is 13.6 Å². The highest BCUT2D eigenvalue weighted by Crippen LogP contribution is 2.26. The number of aliphatic hydroxyl groups excluding tert-OH is 1. The lowest BCUT2D eigenvalue weighted by Crippen LogP contribution is -2.31. The van der Waals surface area contributed by atoms with Crippen LogP contribution in [0.3, 0.4) is 0 Å². The molecule has 102 valence electrons. The molecule has 0 aromatic carbocycles. The summed E-state index contributed by atoms with van der Waals surface area (Å²) in [6.07, 6.45) is 2.19. The molecule has 0 aliphatic carbocycles. The number of halogens is 2. The van der Waals surface area contributed by atoms with Crippen molar-refractivity contribution in [1.82, 2.24) is 9.55 Å². The predicted molar refractivity (Wildman–Crippen MR) is 58.6 cm³/mol. The van der Waals surface area contributed by atoms with Crippen LogP contribution >= 0.6 is 0 Å². The van der Waals surface area contributed by atoms with Crippen LogP contribution in [-0.4, -0.2) is 34.3 Å². The van der Waals surface area contributed by atoms with Gasteiger partial charge in [-0.05, 0) is 12.8 Å². The number of ether oxygens (including phenoxy) is 1. The quantitative estimate of drug-likeness (QED) is 0.792. The van der Waals surface area contributed by atoms with E-state index in [1.165, 1.54) is 16.8 Å². The number of aliphatic hydroxyl groups is 1. The van der Waals surface area contributed by atoms with E-state index in [2.05, 4.69) is 4.98 Å². The number of H-pyrrole nitrogens is 1. The molecule has 8 heteroatoms. The van der Waals surface area contributed by atoms with Gasteiger partial charge in [0.15, 0.2) is 0 Å². The summed E-state index contributed by atoms with van der Waals surface area (Å²) in [5.41, 5.74) is -0.904. The average Bonchev–Trinajstić information content (AvgIpc) is 2.78. The molecule has 6 nitrogen and oxygen atoms in total. The van der Waals surface area contributed by atoms with Gasteiger partial charge in [0.2, 0.25) is 6.93 Å². The van der Waals surface area contributed by atoms with Gasteiger partial charge < -0.3 is 9.84 Å².